The van der Waals surface area contributed by atoms with E-state index in [1.165, 1.54) is 17.2 Å². The topological polar surface area (TPSA) is 76.5 Å². The van der Waals surface area contributed by atoms with Crippen LogP contribution in [-0.2, 0) is 4.79 Å². The molecule has 1 fully saturated rings. The van der Waals surface area contributed by atoms with Gasteiger partial charge in [0.2, 0.25) is 5.91 Å². The fourth-order valence-corrected chi connectivity index (χ4v) is 3.94. The van der Waals surface area contributed by atoms with E-state index in [0.29, 0.717) is 30.1 Å². The normalized spacial score (nSPS) is 15.9. The van der Waals surface area contributed by atoms with Crippen LogP contribution in [0.15, 0.2) is 43.2 Å². The summed E-state index contributed by atoms with van der Waals surface area (Å²) in [6.07, 6.45) is 5.71. The van der Waals surface area contributed by atoms with Crippen LogP contribution in [0, 0.1) is 25.7 Å². The average Bonchev–Trinajstić information content (AvgIpc) is 3.30. The van der Waals surface area contributed by atoms with Gasteiger partial charge in [0.1, 0.15) is 17.0 Å². The van der Waals surface area contributed by atoms with Crippen molar-refractivity contribution in [3.63, 3.8) is 0 Å². The molecular weight excluding hydrogens is 362 g/mol. The Kier molecular flexibility index (Phi) is 4.81. The largest absolute Gasteiger partial charge is 0.382 e. The van der Waals surface area contributed by atoms with Gasteiger partial charge in [0, 0.05) is 37.0 Å². The fourth-order valence-electron chi connectivity index (χ4n) is 3.94. The first-order valence-corrected chi connectivity index (χ1v) is 9.60. The number of aromatic nitrogens is 3. The molecule has 0 spiro atoms. The Morgan fingerprint density at radius 3 is 2.76 bits per heavy atom. The summed E-state index contributed by atoms with van der Waals surface area (Å²) in [5.74, 6) is 7.72. The van der Waals surface area contributed by atoms with Crippen molar-refractivity contribution in [1.82, 2.24) is 19.3 Å². The maximum Gasteiger partial charge on any atom is 0.245 e. The van der Waals surface area contributed by atoms with Crippen molar-refractivity contribution < 1.29 is 4.79 Å². The quantitative estimate of drug-likeness (QED) is 0.544. The number of likely N-dealkylation sites (tertiary alicyclic amines) is 1. The summed E-state index contributed by atoms with van der Waals surface area (Å²) in [5.41, 5.74) is 10.8. The van der Waals surface area contributed by atoms with Crippen molar-refractivity contribution >= 4 is 17.2 Å². The van der Waals surface area contributed by atoms with E-state index in [2.05, 4.69) is 55.5 Å². The summed E-state index contributed by atoms with van der Waals surface area (Å²) < 4.78 is 1.96. The number of aryl methyl sites for hydroxylation is 2. The second-order valence-corrected chi connectivity index (χ2v) is 7.45. The van der Waals surface area contributed by atoms with Crippen LogP contribution in [0.2, 0.25) is 0 Å². The number of hydrogen-bond acceptors (Lipinski definition) is 4. The molecule has 1 amide bonds. The number of fused-ring (bicyclic) bond motifs is 1. The van der Waals surface area contributed by atoms with Crippen molar-refractivity contribution in [2.75, 3.05) is 18.8 Å². The number of benzene rings is 1. The van der Waals surface area contributed by atoms with Gasteiger partial charge < -0.3 is 10.6 Å². The zero-order chi connectivity index (χ0) is 20.5. The molecule has 1 aromatic carbocycles. The van der Waals surface area contributed by atoms with E-state index < -0.39 is 0 Å². The van der Waals surface area contributed by atoms with E-state index in [4.69, 9.17) is 10.7 Å². The Hall–Kier alpha value is -3.59. The van der Waals surface area contributed by atoms with Gasteiger partial charge in [-0.1, -0.05) is 18.6 Å². The minimum atomic E-state index is -0.0515. The molecule has 1 aliphatic heterocycles. The van der Waals surface area contributed by atoms with Crippen molar-refractivity contribution in [2.45, 2.75) is 26.2 Å². The van der Waals surface area contributed by atoms with Crippen molar-refractivity contribution in [3.8, 4) is 11.8 Å². The zero-order valence-electron chi connectivity index (χ0n) is 16.6. The lowest BCUT2D eigenvalue weighted by molar-refractivity contribution is -0.125. The number of carbonyl (C=O) groups is 1. The molecule has 0 aliphatic carbocycles. The Balaban J connectivity index is 1.76. The highest BCUT2D eigenvalue weighted by atomic mass is 16.2. The molecule has 0 unspecified atom stereocenters. The third-order valence-electron chi connectivity index (χ3n) is 5.20. The summed E-state index contributed by atoms with van der Waals surface area (Å²) in [5, 5.41) is 0. The molecule has 6 nitrogen and oxygen atoms in total. The van der Waals surface area contributed by atoms with E-state index in [1.807, 2.05) is 10.6 Å². The van der Waals surface area contributed by atoms with Gasteiger partial charge in [-0.05, 0) is 55.5 Å². The maximum absolute atomic E-state index is 12.0. The summed E-state index contributed by atoms with van der Waals surface area (Å²) in [6, 6.07) is 6.22. The third-order valence-corrected chi connectivity index (χ3v) is 5.20. The SMILES string of the molecule is C=CC(=O)N1CC[C@H](c2nc(C#Cc3cc(C)cc(C)c3)c3c(N)nccn23)C1. The van der Waals surface area contributed by atoms with Gasteiger partial charge in [0.05, 0.1) is 0 Å². The number of nitrogen functional groups attached to an aromatic ring is 1. The first kappa shape index (κ1) is 18.8. The lowest BCUT2D eigenvalue weighted by Gasteiger charge is -2.13. The van der Waals surface area contributed by atoms with Crippen LogP contribution in [0.25, 0.3) is 5.52 Å². The molecule has 6 heteroatoms. The van der Waals surface area contributed by atoms with Gasteiger partial charge in [-0.2, -0.15) is 0 Å². The van der Waals surface area contributed by atoms with Gasteiger partial charge in [0.25, 0.3) is 0 Å². The Morgan fingerprint density at radius 1 is 1.28 bits per heavy atom. The van der Waals surface area contributed by atoms with Gasteiger partial charge in [-0.15, -0.1) is 0 Å². The fraction of sp³-hybridized carbons (Fsp3) is 0.261. The highest BCUT2D eigenvalue weighted by Gasteiger charge is 2.30. The molecule has 1 atom stereocenters. The van der Waals surface area contributed by atoms with Crippen LogP contribution in [-0.4, -0.2) is 38.3 Å². The predicted molar refractivity (Wildman–Crippen MR) is 113 cm³/mol. The van der Waals surface area contributed by atoms with Crippen LogP contribution in [0.4, 0.5) is 5.82 Å². The van der Waals surface area contributed by atoms with E-state index in [0.717, 1.165) is 17.8 Å². The second-order valence-electron chi connectivity index (χ2n) is 7.45. The molecule has 1 saturated heterocycles. The minimum absolute atomic E-state index is 0.0515. The van der Waals surface area contributed by atoms with E-state index in [-0.39, 0.29) is 11.8 Å². The molecule has 1 aliphatic rings. The van der Waals surface area contributed by atoms with Crippen LogP contribution < -0.4 is 5.73 Å². The molecule has 0 bridgehead atoms. The summed E-state index contributed by atoms with van der Waals surface area (Å²) >= 11 is 0. The highest BCUT2D eigenvalue weighted by molar-refractivity contribution is 5.87. The first-order valence-electron chi connectivity index (χ1n) is 9.60. The van der Waals surface area contributed by atoms with Crippen LogP contribution in [0.3, 0.4) is 0 Å². The number of hydrogen-bond donors (Lipinski definition) is 1. The summed E-state index contributed by atoms with van der Waals surface area (Å²) in [4.78, 5) is 22.8. The maximum atomic E-state index is 12.0. The van der Waals surface area contributed by atoms with E-state index in [1.54, 1.807) is 11.1 Å². The zero-order valence-corrected chi connectivity index (χ0v) is 16.6. The molecule has 29 heavy (non-hydrogen) atoms. The lowest BCUT2D eigenvalue weighted by Crippen LogP contribution is -2.26. The van der Waals surface area contributed by atoms with Crippen molar-refractivity contribution in [2.24, 2.45) is 0 Å². The number of amides is 1. The first-order chi connectivity index (χ1) is 14.0. The standard InChI is InChI=1S/C23H23N5O/c1-4-20(29)27-9-7-18(14-27)23-26-19(21-22(24)25-8-10-28(21)23)6-5-17-12-15(2)11-16(3)13-17/h4,8,10-13,18H,1,7,9,14H2,2-3H3,(H2,24,25)/t18-/m0/s1. The van der Waals surface area contributed by atoms with E-state index in [9.17, 15) is 4.79 Å². The van der Waals surface area contributed by atoms with Crippen molar-refractivity contribution in [1.29, 1.82) is 0 Å². The van der Waals surface area contributed by atoms with Gasteiger partial charge in [-0.3, -0.25) is 9.20 Å². The highest BCUT2D eigenvalue weighted by Crippen LogP contribution is 2.29. The molecule has 3 heterocycles. The number of nitrogens with zero attached hydrogens (tertiary/aromatic N) is 4. The molecular formula is C23H23N5O. The number of anilines is 1. The number of carbonyl (C=O) groups excluding carboxylic acids is 1. The third kappa shape index (κ3) is 3.59. The Morgan fingerprint density at radius 2 is 2.03 bits per heavy atom. The smallest absolute Gasteiger partial charge is 0.245 e. The molecule has 3 aromatic rings. The minimum Gasteiger partial charge on any atom is -0.382 e. The Labute approximate surface area is 170 Å². The molecule has 0 saturated carbocycles. The molecule has 2 aromatic heterocycles. The number of rotatable bonds is 2. The lowest BCUT2D eigenvalue weighted by atomic mass is 10.1. The second kappa shape index (κ2) is 7.44. The number of nitrogens with two attached hydrogens (primary N) is 1. The Bertz CT molecular complexity index is 1160. The van der Waals surface area contributed by atoms with E-state index >= 15 is 0 Å². The molecule has 4 rings (SSSR count). The predicted octanol–water partition coefficient (Wildman–Crippen LogP) is 2.83. The average molecular weight is 385 g/mol. The van der Waals surface area contributed by atoms with Gasteiger partial charge in [0.15, 0.2) is 5.82 Å². The molecule has 0 radical (unpaired) electrons. The van der Waals surface area contributed by atoms with Crippen molar-refractivity contribution in [3.05, 3.63) is 71.5 Å². The number of imidazole rings is 1. The van der Waals surface area contributed by atoms with Gasteiger partial charge in [-0.25, -0.2) is 9.97 Å². The van der Waals surface area contributed by atoms with Crippen LogP contribution in [0.5, 0.6) is 0 Å². The van der Waals surface area contributed by atoms with Crippen LogP contribution in [0.1, 0.15) is 40.5 Å². The summed E-state index contributed by atoms with van der Waals surface area (Å²) in [7, 11) is 0. The molecule has 2 N–H and O–H groups in total. The van der Waals surface area contributed by atoms with Gasteiger partial charge >= 0.3 is 0 Å². The summed E-state index contributed by atoms with van der Waals surface area (Å²) in [6.45, 7) is 8.99. The monoisotopic (exact) mass is 385 g/mol. The van der Waals surface area contributed by atoms with Crippen LogP contribution >= 0.6 is 0 Å². The molecule has 146 valence electrons.